The first-order chi connectivity index (χ1) is 8.92. The molecule has 0 spiro atoms. The maximum Gasteiger partial charge on any atom is 0.315 e. The van der Waals surface area contributed by atoms with E-state index in [0.717, 1.165) is 25.4 Å². The van der Waals surface area contributed by atoms with Crippen LogP contribution in [0.25, 0.3) is 0 Å². The van der Waals surface area contributed by atoms with Gasteiger partial charge < -0.3 is 14.3 Å². The highest BCUT2D eigenvalue weighted by atomic mass is 16.4. The fourth-order valence-corrected chi connectivity index (χ4v) is 2.00. The highest BCUT2D eigenvalue weighted by Crippen LogP contribution is 2.35. The Bertz CT molecular complexity index is 474. The SMILES string of the molecule is c1cn(CCCNc2nnc(C3CCC3)o2)cn1. The molecule has 0 bridgehead atoms. The van der Waals surface area contributed by atoms with E-state index in [1.54, 1.807) is 6.20 Å². The van der Waals surface area contributed by atoms with Crippen LogP contribution in [0.4, 0.5) is 6.01 Å². The molecule has 6 nitrogen and oxygen atoms in total. The van der Waals surface area contributed by atoms with E-state index in [-0.39, 0.29) is 0 Å². The van der Waals surface area contributed by atoms with E-state index in [2.05, 4.69) is 25.1 Å². The van der Waals surface area contributed by atoms with E-state index in [1.807, 2.05) is 12.5 Å². The third-order valence-corrected chi connectivity index (χ3v) is 3.32. The molecule has 0 aromatic carbocycles. The fraction of sp³-hybridized carbons (Fsp3) is 0.583. The molecule has 2 aromatic rings. The summed E-state index contributed by atoms with van der Waals surface area (Å²) in [7, 11) is 0. The summed E-state index contributed by atoms with van der Waals surface area (Å²) in [5, 5.41) is 11.2. The molecule has 0 saturated heterocycles. The predicted molar refractivity (Wildman–Crippen MR) is 66.2 cm³/mol. The summed E-state index contributed by atoms with van der Waals surface area (Å²) in [6.45, 7) is 1.76. The molecule has 1 aliphatic carbocycles. The van der Waals surface area contributed by atoms with Crippen LogP contribution >= 0.6 is 0 Å². The zero-order valence-corrected chi connectivity index (χ0v) is 10.2. The van der Waals surface area contributed by atoms with E-state index >= 15 is 0 Å². The second kappa shape index (κ2) is 5.20. The molecule has 0 atom stereocenters. The van der Waals surface area contributed by atoms with Gasteiger partial charge in [0.25, 0.3) is 0 Å². The fourth-order valence-electron chi connectivity index (χ4n) is 2.00. The smallest absolute Gasteiger partial charge is 0.315 e. The number of nitrogens with zero attached hydrogens (tertiary/aromatic N) is 4. The van der Waals surface area contributed by atoms with Crippen molar-refractivity contribution in [1.82, 2.24) is 19.7 Å². The first kappa shape index (κ1) is 11.3. The standard InChI is InChI=1S/C12H17N5O/c1-3-10(4-1)11-15-16-12(18-11)14-5-2-7-17-8-6-13-9-17/h6,8-10H,1-5,7H2,(H,14,16). The van der Waals surface area contributed by atoms with E-state index in [1.165, 1.54) is 19.3 Å². The molecule has 96 valence electrons. The highest BCUT2D eigenvalue weighted by molar-refractivity contribution is 5.17. The van der Waals surface area contributed by atoms with Crippen molar-refractivity contribution in [2.45, 2.75) is 38.1 Å². The Kier molecular flexibility index (Phi) is 3.25. The Hall–Kier alpha value is -1.85. The van der Waals surface area contributed by atoms with Crippen molar-refractivity contribution in [3.63, 3.8) is 0 Å². The Morgan fingerprint density at radius 1 is 1.39 bits per heavy atom. The summed E-state index contributed by atoms with van der Waals surface area (Å²) in [5.41, 5.74) is 0. The Labute approximate surface area is 105 Å². The molecule has 6 heteroatoms. The molecule has 0 radical (unpaired) electrons. The van der Waals surface area contributed by atoms with Crippen molar-refractivity contribution in [3.8, 4) is 0 Å². The summed E-state index contributed by atoms with van der Waals surface area (Å²) in [5.74, 6) is 1.29. The molecule has 0 aliphatic heterocycles. The van der Waals surface area contributed by atoms with Crippen LogP contribution in [-0.2, 0) is 6.54 Å². The first-order valence-corrected chi connectivity index (χ1v) is 6.45. The van der Waals surface area contributed by atoms with Crippen LogP contribution < -0.4 is 5.32 Å². The zero-order valence-electron chi connectivity index (χ0n) is 10.2. The van der Waals surface area contributed by atoms with Crippen LogP contribution in [0.3, 0.4) is 0 Å². The lowest BCUT2D eigenvalue weighted by Crippen LogP contribution is -2.08. The van der Waals surface area contributed by atoms with Crippen LogP contribution in [-0.4, -0.2) is 26.3 Å². The summed E-state index contributed by atoms with van der Waals surface area (Å²) in [4.78, 5) is 4.00. The number of anilines is 1. The van der Waals surface area contributed by atoms with Gasteiger partial charge >= 0.3 is 6.01 Å². The van der Waals surface area contributed by atoms with Crippen molar-refractivity contribution in [2.24, 2.45) is 0 Å². The molecule has 1 saturated carbocycles. The molecule has 2 aromatic heterocycles. The van der Waals surface area contributed by atoms with Crippen LogP contribution in [0.2, 0.25) is 0 Å². The van der Waals surface area contributed by atoms with Crippen LogP contribution in [0.15, 0.2) is 23.1 Å². The van der Waals surface area contributed by atoms with Gasteiger partial charge in [-0.3, -0.25) is 0 Å². The molecule has 0 unspecified atom stereocenters. The van der Waals surface area contributed by atoms with Crippen molar-refractivity contribution < 1.29 is 4.42 Å². The average molecular weight is 247 g/mol. The largest absolute Gasteiger partial charge is 0.408 e. The second-order valence-electron chi connectivity index (χ2n) is 4.65. The summed E-state index contributed by atoms with van der Waals surface area (Å²) in [6, 6.07) is 0.544. The lowest BCUT2D eigenvalue weighted by Gasteiger charge is -2.20. The van der Waals surface area contributed by atoms with E-state index in [0.29, 0.717) is 11.9 Å². The van der Waals surface area contributed by atoms with Crippen molar-refractivity contribution in [3.05, 3.63) is 24.6 Å². The van der Waals surface area contributed by atoms with Crippen LogP contribution in [0.5, 0.6) is 0 Å². The zero-order chi connectivity index (χ0) is 12.2. The van der Waals surface area contributed by atoms with Crippen molar-refractivity contribution >= 4 is 6.01 Å². The number of rotatable bonds is 6. The number of imidazole rings is 1. The van der Waals surface area contributed by atoms with Gasteiger partial charge in [0.2, 0.25) is 5.89 Å². The minimum atomic E-state index is 0.499. The number of hydrogen-bond acceptors (Lipinski definition) is 5. The minimum absolute atomic E-state index is 0.499. The number of aryl methyl sites for hydroxylation is 1. The van der Waals surface area contributed by atoms with Gasteiger partial charge in [-0.05, 0) is 19.3 Å². The van der Waals surface area contributed by atoms with Crippen LogP contribution in [0, 0.1) is 0 Å². The molecule has 0 amide bonds. The minimum Gasteiger partial charge on any atom is -0.408 e. The maximum absolute atomic E-state index is 5.57. The van der Waals surface area contributed by atoms with Gasteiger partial charge in [-0.1, -0.05) is 11.5 Å². The predicted octanol–water partition coefficient (Wildman–Crippen LogP) is 2.04. The maximum atomic E-state index is 5.57. The van der Waals surface area contributed by atoms with Gasteiger partial charge in [0.1, 0.15) is 0 Å². The molecular weight excluding hydrogens is 230 g/mol. The third-order valence-electron chi connectivity index (χ3n) is 3.32. The Morgan fingerprint density at radius 2 is 2.33 bits per heavy atom. The topological polar surface area (TPSA) is 68.8 Å². The molecule has 3 rings (SSSR count). The van der Waals surface area contributed by atoms with E-state index < -0.39 is 0 Å². The summed E-state index contributed by atoms with van der Waals surface area (Å²) < 4.78 is 7.62. The Balaban J connectivity index is 1.41. The van der Waals surface area contributed by atoms with Crippen LogP contribution in [0.1, 0.15) is 37.5 Å². The van der Waals surface area contributed by atoms with Gasteiger partial charge in [0.15, 0.2) is 0 Å². The first-order valence-electron chi connectivity index (χ1n) is 6.45. The lowest BCUT2D eigenvalue weighted by atomic mass is 9.85. The monoisotopic (exact) mass is 247 g/mol. The quantitative estimate of drug-likeness (QED) is 0.791. The highest BCUT2D eigenvalue weighted by Gasteiger charge is 2.24. The second-order valence-corrected chi connectivity index (χ2v) is 4.65. The number of hydrogen-bond donors (Lipinski definition) is 1. The van der Waals surface area contributed by atoms with E-state index in [4.69, 9.17) is 4.42 Å². The summed E-state index contributed by atoms with van der Waals surface area (Å²) in [6.07, 6.45) is 10.2. The number of aromatic nitrogens is 4. The summed E-state index contributed by atoms with van der Waals surface area (Å²) >= 11 is 0. The molecule has 1 fully saturated rings. The molecule has 18 heavy (non-hydrogen) atoms. The average Bonchev–Trinajstić information content (AvgIpc) is 2.93. The molecule has 1 N–H and O–H groups in total. The van der Waals surface area contributed by atoms with Gasteiger partial charge in [-0.15, -0.1) is 5.10 Å². The van der Waals surface area contributed by atoms with Gasteiger partial charge in [-0.2, -0.15) is 0 Å². The van der Waals surface area contributed by atoms with Gasteiger partial charge in [0.05, 0.1) is 6.33 Å². The third kappa shape index (κ3) is 2.52. The van der Waals surface area contributed by atoms with Gasteiger partial charge in [-0.25, -0.2) is 4.98 Å². The number of nitrogens with one attached hydrogen (secondary N) is 1. The van der Waals surface area contributed by atoms with Crippen molar-refractivity contribution in [1.29, 1.82) is 0 Å². The lowest BCUT2D eigenvalue weighted by molar-refractivity contribution is 0.338. The van der Waals surface area contributed by atoms with E-state index in [9.17, 15) is 0 Å². The van der Waals surface area contributed by atoms with Gasteiger partial charge in [0, 0.05) is 31.4 Å². The molecular formula is C12H17N5O. The molecule has 2 heterocycles. The normalized spacial score (nSPS) is 15.6. The molecule has 1 aliphatic rings. The Morgan fingerprint density at radius 3 is 3.06 bits per heavy atom. The van der Waals surface area contributed by atoms with Crippen molar-refractivity contribution in [2.75, 3.05) is 11.9 Å².